The molecule has 7 nitrogen and oxygen atoms in total. The van der Waals surface area contributed by atoms with E-state index in [1.807, 2.05) is 0 Å². The molecule has 0 saturated carbocycles. The molecule has 21 heavy (non-hydrogen) atoms. The van der Waals surface area contributed by atoms with Crippen LogP contribution in [0.4, 0.5) is 5.69 Å². The quantitative estimate of drug-likeness (QED) is 0.638. The average Bonchev–Trinajstić information content (AvgIpc) is 2.45. The lowest BCUT2D eigenvalue weighted by atomic mass is 10.3. The maximum absolute atomic E-state index is 12.0. The second-order valence-corrected chi connectivity index (χ2v) is 6.07. The van der Waals surface area contributed by atoms with E-state index in [0.717, 1.165) is 0 Å². The van der Waals surface area contributed by atoms with E-state index in [1.54, 1.807) is 26.0 Å². The van der Waals surface area contributed by atoms with E-state index in [1.165, 1.54) is 12.1 Å². The molecular weight excluding hydrogens is 294 g/mol. The first-order valence-corrected chi connectivity index (χ1v) is 8.11. The molecule has 1 amide bonds. The van der Waals surface area contributed by atoms with Gasteiger partial charge in [0.2, 0.25) is 10.0 Å². The number of benzene rings is 1. The first-order chi connectivity index (χ1) is 9.90. The van der Waals surface area contributed by atoms with Crippen molar-refractivity contribution in [3.63, 3.8) is 0 Å². The van der Waals surface area contributed by atoms with Crippen molar-refractivity contribution in [3.05, 3.63) is 24.3 Å². The number of amides is 1. The second kappa shape index (κ2) is 8.08. The van der Waals surface area contributed by atoms with Crippen molar-refractivity contribution in [2.75, 3.05) is 25.0 Å². The molecule has 0 aliphatic heterocycles. The molecule has 0 aliphatic rings. The van der Waals surface area contributed by atoms with E-state index < -0.39 is 16.1 Å². The van der Waals surface area contributed by atoms with Gasteiger partial charge in [0, 0.05) is 25.4 Å². The Hall–Kier alpha value is -1.48. The van der Waals surface area contributed by atoms with Crippen LogP contribution in [0.5, 0.6) is 0 Å². The Morgan fingerprint density at radius 3 is 2.76 bits per heavy atom. The van der Waals surface area contributed by atoms with Gasteiger partial charge in [-0.2, -0.15) is 0 Å². The number of nitrogens with one attached hydrogen (secondary N) is 2. The van der Waals surface area contributed by atoms with Gasteiger partial charge in [0.1, 0.15) is 6.10 Å². The zero-order valence-electron chi connectivity index (χ0n) is 12.1. The van der Waals surface area contributed by atoms with Gasteiger partial charge in [0.15, 0.2) is 0 Å². The van der Waals surface area contributed by atoms with E-state index >= 15 is 0 Å². The molecule has 8 heteroatoms. The van der Waals surface area contributed by atoms with Gasteiger partial charge in [-0.05, 0) is 32.0 Å². The third-order valence-corrected chi connectivity index (χ3v) is 4.09. The Morgan fingerprint density at radius 1 is 1.43 bits per heavy atom. The topological polar surface area (TPSA) is 111 Å². The van der Waals surface area contributed by atoms with Crippen molar-refractivity contribution in [1.29, 1.82) is 0 Å². The lowest BCUT2D eigenvalue weighted by molar-refractivity contribution is -0.126. The van der Waals surface area contributed by atoms with Gasteiger partial charge in [-0.25, -0.2) is 13.1 Å². The minimum absolute atomic E-state index is 0.0674. The fourth-order valence-corrected chi connectivity index (χ4v) is 2.68. The number of hydrogen-bond donors (Lipinski definition) is 3. The Balaban J connectivity index is 2.84. The molecule has 0 saturated heterocycles. The highest BCUT2D eigenvalue weighted by molar-refractivity contribution is 7.89. The first-order valence-electron chi connectivity index (χ1n) is 6.63. The number of anilines is 1. The first kappa shape index (κ1) is 17.6. The predicted octanol–water partition coefficient (Wildman–Crippen LogP) is 0.287. The maximum Gasteiger partial charge on any atom is 0.253 e. The average molecular weight is 315 g/mol. The molecule has 0 heterocycles. The monoisotopic (exact) mass is 315 g/mol. The van der Waals surface area contributed by atoms with Gasteiger partial charge >= 0.3 is 0 Å². The third kappa shape index (κ3) is 5.43. The van der Waals surface area contributed by atoms with Gasteiger partial charge in [-0.1, -0.05) is 6.07 Å². The number of sulfonamides is 1. The molecule has 0 bridgehead atoms. The van der Waals surface area contributed by atoms with E-state index in [9.17, 15) is 13.2 Å². The highest BCUT2D eigenvalue weighted by Crippen LogP contribution is 2.15. The molecule has 1 atom stereocenters. The molecule has 4 N–H and O–H groups in total. The largest absolute Gasteiger partial charge is 0.369 e. The third-order valence-electron chi connectivity index (χ3n) is 2.63. The van der Waals surface area contributed by atoms with Crippen LogP contribution in [0.15, 0.2) is 29.2 Å². The molecule has 0 aromatic heterocycles. The number of hydrogen-bond acceptors (Lipinski definition) is 5. The molecule has 118 valence electrons. The van der Waals surface area contributed by atoms with Gasteiger partial charge in [0.05, 0.1) is 4.90 Å². The van der Waals surface area contributed by atoms with Crippen LogP contribution in [0.2, 0.25) is 0 Å². The number of rotatable bonds is 8. The van der Waals surface area contributed by atoms with Crippen LogP contribution in [0.1, 0.15) is 13.8 Å². The zero-order valence-corrected chi connectivity index (χ0v) is 12.9. The Bertz CT molecular complexity index is 575. The van der Waals surface area contributed by atoms with Crippen molar-refractivity contribution in [3.8, 4) is 0 Å². The summed E-state index contributed by atoms with van der Waals surface area (Å²) in [5.74, 6) is -0.332. The molecule has 0 radical (unpaired) electrons. The Morgan fingerprint density at radius 2 is 2.14 bits per heavy atom. The van der Waals surface area contributed by atoms with Gasteiger partial charge in [-0.3, -0.25) is 4.79 Å². The van der Waals surface area contributed by atoms with Crippen molar-refractivity contribution in [2.45, 2.75) is 24.8 Å². The fraction of sp³-hybridized carbons (Fsp3) is 0.462. The lowest BCUT2D eigenvalue weighted by Gasteiger charge is -2.13. The minimum Gasteiger partial charge on any atom is -0.369 e. The molecule has 0 fully saturated rings. The minimum atomic E-state index is -3.62. The van der Waals surface area contributed by atoms with E-state index in [4.69, 9.17) is 10.5 Å². The van der Waals surface area contributed by atoms with E-state index in [0.29, 0.717) is 12.3 Å². The van der Waals surface area contributed by atoms with Crippen LogP contribution in [0.3, 0.4) is 0 Å². The molecule has 0 aliphatic carbocycles. The summed E-state index contributed by atoms with van der Waals surface area (Å²) in [6.45, 7) is 4.20. The fourth-order valence-electron chi connectivity index (χ4n) is 1.59. The summed E-state index contributed by atoms with van der Waals surface area (Å²) in [6.07, 6.45) is -0.606. The Labute approximate surface area is 124 Å². The smallest absolute Gasteiger partial charge is 0.253 e. The number of nitrogens with two attached hydrogens (primary N) is 1. The van der Waals surface area contributed by atoms with Gasteiger partial charge < -0.3 is 15.8 Å². The zero-order chi connectivity index (χ0) is 15.9. The van der Waals surface area contributed by atoms with Crippen LogP contribution < -0.4 is 15.8 Å². The molecule has 1 unspecified atom stereocenters. The molecule has 1 aromatic rings. The van der Waals surface area contributed by atoms with Crippen LogP contribution in [-0.2, 0) is 19.6 Å². The number of carbonyl (C=O) groups is 1. The summed E-state index contributed by atoms with van der Waals surface area (Å²) in [5.41, 5.74) is 5.66. The van der Waals surface area contributed by atoms with Crippen LogP contribution in [0.25, 0.3) is 0 Å². The highest BCUT2D eigenvalue weighted by atomic mass is 32.2. The normalized spacial score (nSPS) is 12.9. The van der Waals surface area contributed by atoms with E-state index in [-0.39, 0.29) is 23.9 Å². The number of carbonyl (C=O) groups excluding carboxylic acids is 1. The van der Waals surface area contributed by atoms with Gasteiger partial charge in [0.25, 0.3) is 5.91 Å². The SMILES string of the molecule is CCOC(C)C(=O)Nc1cccc(S(=O)(=O)NCCN)c1. The van der Waals surface area contributed by atoms with E-state index in [2.05, 4.69) is 10.0 Å². The Kier molecular flexibility index (Phi) is 6.76. The molecule has 0 spiro atoms. The summed E-state index contributed by atoms with van der Waals surface area (Å²) in [7, 11) is -3.62. The molecular formula is C13H21N3O4S. The summed E-state index contributed by atoms with van der Waals surface area (Å²) >= 11 is 0. The molecule has 1 rings (SSSR count). The van der Waals surface area contributed by atoms with Crippen molar-refractivity contribution in [2.24, 2.45) is 5.73 Å². The lowest BCUT2D eigenvalue weighted by Crippen LogP contribution is -2.29. The van der Waals surface area contributed by atoms with Crippen LogP contribution >= 0.6 is 0 Å². The van der Waals surface area contributed by atoms with Crippen LogP contribution in [-0.4, -0.2) is 40.1 Å². The van der Waals surface area contributed by atoms with Crippen molar-refractivity contribution in [1.82, 2.24) is 4.72 Å². The highest BCUT2D eigenvalue weighted by Gasteiger charge is 2.16. The standard InChI is InChI=1S/C13H21N3O4S/c1-3-20-10(2)13(17)16-11-5-4-6-12(9-11)21(18,19)15-8-7-14/h4-6,9-10,15H,3,7-8,14H2,1-2H3,(H,16,17). The van der Waals surface area contributed by atoms with Crippen LogP contribution in [0, 0.1) is 0 Å². The molecule has 1 aromatic carbocycles. The second-order valence-electron chi connectivity index (χ2n) is 4.30. The summed E-state index contributed by atoms with van der Waals surface area (Å²) < 4.78 is 31.5. The van der Waals surface area contributed by atoms with Crippen molar-refractivity contribution < 1.29 is 17.9 Å². The summed E-state index contributed by atoms with van der Waals surface area (Å²) in [4.78, 5) is 11.9. The maximum atomic E-state index is 12.0. The number of ether oxygens (including phenoxy) is 1. The van der Waals surface area contributed by atoms with Gasteiger partial charge in [-0.15, -0.1) is 0 Å². The summed E-state index contributed by atoms with van der Waals surface area (Å²) in [6, 6.07) is 5.99. The predicted molar refractivity (Wildman–Crippen MR) is 80.4 cm³/mol. The summed E-state index contributed by atoms with van der Waals surface area (Å²) in [5, 5.41) is 2.61. The van der Waals surface area contributed by atoms with Crippen molar-refractivity contribution >= 4 is 21.6 Å².